The highest BCUT2D eigenvalue weighted by molar-refractivity contribution is 5.52. The molecule has 2 rings (SSSR count). The van der Waals surface area contributed by atoms with Gasteiger partial charge in [-0.25, -0.2) is 14.0 Å². The van der Waals surface area contributed by atoms with Gasteiger partial charge in [0.05, 0.1) is 12.2 Å². The molecule has 1 heterocycles. The van der Waals surface area contributed by atoms with Gasteiger partial charge in [0.25, 0.3) is 6.43 Å². The van der Waals surface area contributed by atoms with Crippen molar-refractivity contribution in [3.05, 3.63) is 23.3 Å². The van der Waals surface area contributed by atoms with Crippen LogP contribution >= 0.6 is 0 Å². The van der Waals surface area contributed by atoms with Crippen molar-refractivity contribution in [3.8, 4) is 5.75 Å². The Hall–Kier alpha value is -1.24. The van der Waals surface area contributed by atoms with Crippen LogP contribution in [0.15, 0.2) is 12.1 Å². The SMILES string of the molecule is CC1(CO)Cc2cc([NH2+]O)c(C(F)F)cc2O1. The molecule has 0 bridgehead atoms. The molecule has 4 nitrogen and oxygen atoms in total. The second-order valence-electron chi connectivity index (χ2n) is 4.41. The predicted octanol–water partition coefficient (Wildman–Crippen LogP) is 0.894. The summed E-state index contributed by atoms with van der Waals surface area (Å²) in [7, 11) is 0. The van der Waals surface area contributed by atoms with Gasteiger partial charge in [0.15, 0.2) is 5.69 Å². The monoisotopic (exact) mass is 246 g/mol. The minimum absolute atomic E-state index is 0.0875. The number of alkyl halides is 2. The highest BCUT2D eigenvalue weighted by Gasteiger charge is 2.36. The zero-order valence-corrected chi connectivity index (χ0v) is 9.28. The first kappa shape index (κ1) is 12.2. The molecule has 1 aliphatic heterocycles. The summed E-state index contributed by atoms with van der Waals surface area (Å²) >= 11 is 0. The molecule has 0 saturated heterocycles. The molecule has 0 amide bonds. The molecule has 1 unspecified atom stereocenters. The zero-order chi connectivity index (χ0) is 12.6. The molecule has 4 N–H and O–H groups in total. The molecule has 0 fully saturated rings. The lowest BCUT2D eigenvalue weighted by Gasteiger charge is -2.20. The summed E-state index contributed by atoms with van der Waals surface area (Å²) in [5.74, 6) is 0.349. The number of hydrogen-bond acceptors (Lipinski definition) is 3. The second kappa shape index (κ2) is 4.21. The Balaban J connectivity index is 2.43. The Bertz CT molecular complexity index is 439. The predicted molar refractivity (Wildman–Crippen MR) is 54.6 cm³/mol. The van der Waals surface area contributed by atoms with E-state index in [1.165, 1.54) is 12.1 Å². The summed E-state index contributed by atoms with van der Waals surface area (Å²) in [6.07, 6.45) is -2.24. The number of aliphatic hydroxyl groups excluding tert-OH is 1. The average molecular weight is 246 g/mol. The van der Waals surface area contributed by atoms with Crippen LogP contribution in [0.1, 0.15) is 24.5 Å². The molecular formula is C11H14F2NO3+. The van der Waals surface area contributed by atoms with Crippen LogP contribution in [0, 0.1) is 0 Å². The molecule has 0 radical (unpaired) electrons. The van der Waals surface area contributed by atoms with E-state index in [2.05, 4.69) is 0 Å². The van der Waals surface area contributed by atoms with Crippen LogP contribution < -0.4 is 10.2 Å². The average Bonchev–Trinajstić information content (AvgIpc) is 2.63. The molecule has 1 aromatic carbocycles. The van der Waals surface area contributed by atoms with E-state index >= 15 is 0 Å². The molecule has 1 aliphatic rings. The van der Waals surface area contributed by atoms with E-state index in [0.717, 1.165) is 0 Å². The number of aliphatic hydroxyl groups is 1. The third-order valence-electron chi connectivity index (χ3n) is 2.90. The summed E-state index contributed by atoms with van der Waals surface area (Å²) in [5, 5.41) is 18.1. The zero-order valence-electron chi connectivity index (χ0n) is 9.28. The number of rotatable bonds is 3. The van der Waals surface area contributed by atoms with E-state index in [9.17, 15) is 13.9 Å². The summed E-state index contributed by atoms with van der Waals surface area (Å²) in [5.41, 5.74) is 0.427. The van der Waals surface area contributed by atoms with Crippen molar-refractivity contribution in [1.82, 2.24) is 0 Å². The lowest BCUT2D eigenvalue weighted by atomic mass is 9.99. The van der Waals surface area contributed by atoms with E-state index in [1.807, 2.05) is 0 Å². The number of fused-ring (bicyclic) bond motifs is 1. The topological polar surface area (TPSA) is 66.3 Å². The summed E-state index contributed by atoms with van der Waals surface area (Å²) in [6, 6.07) is 2.70. The van der Waals surface area contributed by atoms with Crippen LogP contribution in [-0.4, -0.2) is 22.5 Å². The van der Waals surface area contributed by atoms with Gasteiger partial charge < -0.3 is 9.84 Å². The van der Waals surface area contributed by atoms with E-state index in [1.54, 1.807) is 6.92 Å². The Morgan fingerprint density at radius 3 is 2.76 bits per heavy atom. The van der Waals surface area contributed by atoms with Gasteiger partial charge in [-0.05, 0) is 13.0 Å². The fraction of sp³-hybridized carbons (Fsp3) is 0.455. The van der Waals surface area contributed by atoms with Crippen LogP contribution in [0.25, 0.3) is 0 Å². The molecule has 94 valence electrons. The van der Waals surface area contributed by atoms with Crippen molar-refractivity contribution in [3.63, 3.8) is 0 Å². The fourth-order valence-electron chi connectivity index (χ4n) is 1.99. The summed E-state index contributed by atoms with van der Waals surface area (Å²) < 4.78 is 30.9. The maximum Gasteiger partial charge on any atom is 0.269 e. The van der Waals surface area contributed by atoms with Gasteiger partial charge in [0, 0.05) is 18.1 Å². The Labute approximate surface area is 96.8 Å². The summed E-state index contributed by atoms with van der Waals surface area (Å²) in [6.45, 7) is 1.52. The van der Waals surface area contributed by atoms with Gasteiger partial charge in [-0.15, -0.1) is 0 Å². The molecular weight excluding hydrogens is 232 g/mol. The van der Waals surface area contributed by atoms with Crippen molar-refractivity contribution < 1.29 is 29.3 Å². The van der Waals surface area contributed by atoms with Crippen LogP contribution in [0.3, 0.4) is 0 Å². The first-order valence-electron chi connectivity index (χ1n) is 5.21. The van der Waals surface area contributed by atoms with Gasteiger partial charge in [0.1, 0.15) is 11.4 Å². The fourth-order valence-corrected chi connectivity index (χ4v) is 1.99. The Morgan fingerprint density at radius 1 is 1.53 bits per heavy atom. The number of benzene rings is 1. The van der Waals surface area contributed by atoms with Crippen molar-refractivity contribution in [1.29, 1.82) is 0 Å². The van der Waals surface area contributed by atoms with E-state index in [-0.39, 0.29) is 17.9 Å². The number of quaternary nitrogens is 1. The largest absolute Gasteiger partial charge is 0.485 e. The maximum atomic E-state index is 12.7. The summed E-state index contributed by atoms with van der Waals surface area (Å²) in [4.78, 5) is 0. The molecule has 0 aromatic heterocycles. The molecule has 1 aromatic rings. The van der Waals surface area contributed by atoms with Crippen LogP contribution in [-0.2, 0) is 6.42 Å². The molecule has 1 atom stereocenters. The van der Waals surface area contributed by atoms with Gasteiger partial charge in [-0.1, -0.05) is 0 Å². The minimum atomic E-state index is -2.68. The number of hydrogen-bond donors (Lipinski definition) is 3. The Kier molecular flexibility index (Phi) is 3.03. The molecule has 17 heavy (non-hydrogen) atoms. The van der Waals surface area contributed by atoms with Crippen LogP contribution in [0.5, 0.6) is 5.75 Å². The quantitative estimate of drug-likeness (QED) is 0.548. The highest BCUT2D eigenvalue weighted by atomic mass is 19.3. The molecule has 0 aliphatic carbocycles. The van der Waals surface area contributed by atoms with E-state index < -0.39 is 12.0 Å². The third kappa shape index (κ3) is 2.11. The lowest BCUT2D eigenvalue weighted by Crippen LogP contribution is -2.74. The second-order valence-corrected chi connectivity index (χ2v) is 4.41. The smallest absolute Gasteiger partial charge is 0.269 e. The molecule has 0 saturated carbocycles. The van der Waals surface area contributed by atoms with Crippen LogP contribution in [0.2, 0.25) is 0 Å². The van der Waals surface area contributed by atoms with E-state index in [0.29, 0.717) is 23.2 Å². The van der Waals surface area contributed by atoms with E-state index in [4.69, 9.17) is 9.94 Å². The van der Waals surface area contributed by atoms with Crippen molar-refractivity contribution in [2.24, 2.45) is 0 Å². The standard InChI is InChI=1S/C11H13F2NO3/c1-11(5-15)4-6-2-8(14-16)7(10(12)13)3-9(6)17-11/h2-3,10,14-16H,4-5H2,1H3/p+1. The first-order chi connectivity index (χ1) is 7.99. The van der Waals surface area contributed by atoms with Gasteiger partial charge in [0.2, 0.25) is 0 Å². The lowest BCUT2D eigenvalue weighted by molar-refractivity contribution is -0.826. The maximum absolute atomic E-state index is 12.7. The minimum Gasteiger partial charge on any atom is -0.485 e. The first-order valence-corrected chi connectivity index (χ1v) is 5.21. The number of ether oxygens (including phenoxy) is 1. The van der Waals surface area contributed by atoms with Crippen LogP contribution in [0.4, 0.5) is 14.5 Å². The van der Waals surface area contributed by atoms with Crippen molar-refractivity contribution in [2.75, 3.05) is 6.61 Å². The van der Waals surface area contributed by atoms with Crippen molar-refractivity contribution in [2.45, 2.75) is 25.4 Å². The normalized spacial score (nSPS) is 22.7. The van der Waals surface area contributed by atoms with Gasteiger partial charge in [-0.3, -0.25) is 0 Å². The Morgan fingerprint density at radius 2 is 2.24 bits per heavy atom. The third-order valence-corrected chi connectivity index (χ3v) is 2.90. The molecule has 6 heteroatoms. The van der Waals surface area contributed by atoms with Crippen molar-refractivity contribution >= 4 is 5.69 Å². The number of halogens is 2. The highest BCUT2D eigenvalue weighted by Crippen LogP contribution is 2.39. The van der Waals surface area contributed by atoms with Gasteiger partial charge >= 0.3 is 0 Å². The number of nitrogens with two attached hydrogens (primary N) is 1. The van der Waals surface area contributed by atoms with Gasteiger partial charge in [-0.2, -0.15) is 5.48 Å². The molecule has 0 spiro atoms.